The zero-order chi connectivity index (χ0) is 20.6. The van der Waals surface area contributed by atoms with Gasteiger partial charge in [0, 0.05) is 38.1 Å². The lowest BCUT2D eigenvalue weighted by atomic mass is 9.71. The Labute approximate surface area is 171 Å². The number of nitrogens with zero attached hydrogens (tertiary/aromatic N) is 2. The fourth-order valence-electron chi connectivity index (χ4n) is 4.16. The Bertz CT molecular complexity index is 657. The molecule has 0 aliphatic carbocycles. The molecular weight excluding hydrogens is 376 g/mol. The topological polar surface area (TPSA) is 81.1 Å². The van der Waals surface area contributed by atoms with E-state index < -0.39 is 0 Å². The summed E-state index contributed by atoms with van der Waals surface area (Å²) in [5, 5.41) is 21.7. The number of rotatable bonds is 4. The van der Waals surface area contributed by atoms with Crippen LogP contribution in [0.5, 0.6) is 0 Å². The molecule has 2 N–H and O–H groups in total. The van der Waals surface area contributed by atoms with Crippen LogP contribution in [0, 0.1) is 5.41 Å². The Morgan fingerprint density at radius 1 is 1.36 bits per heavy atom. The fraction of sp³-hybridized carbons (Fsp3) is 0.619. The average Bonchev–Trinajstić information content (AvgIpc) is 3.17. The molecule has 1 spiro atoms. The third-order valence-electron chi connectivity index (χ3n) is 5.62. The predicted octanol–water partition coefficient (Wildman–Crippen LogP) is 2.63. The van der Waals surface area contributed by atoms with Crippen molar-refractivity contribution in [3.63, 3.8) is 0 Å². The highest BCUT2D eigenvalue weighted by atomic mass is 32.1. The maximum absolute atomic E-state index is 12.7. The highest BCUT2D eigenvalue weighted by Gasteiger charge is 2.46. The van der Waals surface area contributed by atoms with Gasteiger partial charge in [-0.05, 0) is 55.5 Å². The second-order valence-corrected chi connectivity index (χ2v) is 8.80. The summed E-state index contributed by atoms with van der Waals surface area (Å²) < 4.78 is 0. The molecule has 2 aliphatic heterocycles. The van der Waals surface area contributed by atoms with Gasteiger partial charge in [0.15, 0.2) is 0 Å². The summed E-state index contributed by atoms with van der Waals surface area (Å²) in [5.74, 6) is 0.200. The van der Waals surface area contributed by atoms with Gasteiger partial charge in [-0.15, -0.1) is 0 Å². The number of hydrogen-bond acceptors (Lipinski definition) is 5. The molecule has 156 valence electrons. The first-order valence-electron chi connectivity index (χ1n) is 9.80. The Hall–Kier alpha value is -1.70. The number of piperidine rings is 2. The molecule has 1 aromatic rings. The van der Waals surface area contributed by atoms with E-state index in [9.17, 15) is 9.90 Å². The SMILES string of the molecule is CC(C)=CCN1CC[C@@H](O)[C@]2(CCCN(C(=O)Cc3ccsc3)C2)C1.O=CO. The number of hydrogen-bond donors (Lipinski definition) is 2. The number of thiophene rings is 1. The van der Waals surface area contributed by atoms with Crippen molar-refractivity contribution in [2.75, 3.05) is 32.7 Å². The summed E-state index contributed by atoms with van der Waals surface area (Å²) in [6, 6.07) is 2.03. The molecule has 7 heteroatoms. The van der Waals surface area contributed by atoms with Crippen LogP contribution in [0.1, 0.15) is 38.7 Å². The van der Waals surface area contributed by atoms with Gasteiger partial charge in [-0.25, -0.2) is 0 Å². The van der Waals surface area contributed by atoms with Crippen LogP contribution in [0.25, 0.3) is 0 Å². The minimum Gasteiger partial charge on any atom is -0.483 e. The lowest BCUT2D eigenvalue weighted by Crippen LogP contribution is -2.59. The molecule has 1 aromatic heterocycles. The van der Waals surface area contributed by atoms with Crippen molar-refractivity contribution in [3.05, 3.63) is 34.0 Å². The van der Waals surface area contributed by atoms with E-state index >= 15 is 0 Å². The smallest absolute Gasteiger partial charge is 0.290 e. The van der Waals surface area contributed by atoms with Crippen molar-refractivity contribution >= 4 is 23.7 Å². The number of likely N-dealkylation sites (tertiary alicyclic amines) is 2. The summed E-state index contributed by atoms with van der Waals surface area (Å²) in [6.45, 7) is 8.29. The quantitative estimate of drug-likeness (QED) is 0.591. The minimum absolute atomic E-state index is 0.156. The molecule has 6 nitrogen and oxygen atoms in total. The normalized spacial score (nSPS) is 25.0. The van der Waals surface area contributed by atoms with E-state index in [-0.39, 0.29) is 23.9 Å². The maximum atomic E-state index is 12.7. The molecule has 0 bridgehead atoms. The molecule has 2 fully saturated rings. The number of aliphatic hydroxyl groups excluding tert-OH is 1. The van der Waals surface area contributed by atoms with E-state index in [1.165, 1.54) is 5.57 Å². The number of aliphatic hydroxyl groups is 1. The Kier molecular flexibility index (Phi) is 8.66. The summed E-state index contributed by atoms with van der Waals surface area (Å²) in [4.78, 5) is 25.5. The largest absolute Gasteiger partial charge is 0.483 e. The standard InChI is InChI=1S/C20H30N2O2S.CH2O2/c1-16(2)4-9-21-10-5-18(23)20(14-21)7-3-8-22(15-20)19(24)12-17-6-11-25-13-17;2-1-3/h4,6,11,13,18,23H,3,5,7-10,12,14-15H2,1-2H3;1H,(H,2,3)/t18-,20-;/m1./s1. The molecule has 1 amide bonds. The summed E-state index contributed by atoms with van der Waals surface area (Å²) in [6.07, 6.45) is 5.26. The monoisotopic (exact) mass is 408 g/mol. The summed E-state index contributed by atoms with van der Waals surface area (Å²) >= 11 is 1.64. The zero-order valence-electron chi connectivity index (χ0n) is 16.8. The van der Waals surface area contributed by atoms with Crippen LogP contribution in [0.15, 0.2) is 28.5 Å². The van der Waals surface area contributed by atoms with Gasteiger partial charge >= 0.3 is 0 Å². The molecule has 3 heterocycles. The van der Waals surface area contributed by atoms with E-state index in [2.05, 4.69) is 24.8 Å². The Morgan fingerprint density at radius 3 is 2.75 bits per heavy atom. The molecule has 0 aromatic carbocycles. The van der Waals surface area contributed by atoms with Crippen LogP contribution < -0.4 is 0 Å². The average molecular weight is 409 g/mol. The molecule has 0 unspecified atom stereocenters. The predicted molar refractivity (Wildman–Crippen MR) is 111 cm³/mol. The van der Waals surface area contributed by atoms with Crippen molar-refractivity contribution in [1.29, 1.82) is 0 Å². The van der Waals surface area contributed by atoms with Crippen molar-refractivity contribution < 1.29 is 19.8 Å². The van der Waals surface area contributed by atoms with Gasteiger partial charge in [0.25, 0.3) is 6.47 Å². The number of carboxylic acid groups (broad SMARTS) is 1. The number of carbonyl (C=O) groups is 2. The van der Waals surface area contributed by atoms with Crippen molar-refractivity contribution in [2.24, 2.45) is 5.41 Å². The minimum atomic E-state index is -0.299. The summed E-state index contributed by atoms with van der Waals surface area (Å²) in [5.41, 5.74) is 2.27. The van der Waals surface area contributed by atoms with E-state index in [4.69, 9.17) is 9.90 Å². The maximum Gasteiger partial charge on any atom is 0.290 e. The van der Waals surface area contributed by atoms with Crippen LogP contribution in [0.3, 0.4) is 0 Å². The third kappa shape index (κ3) is 6.15. The first kappa shape index (κ1) is 22.6. The van der Waals surface area contributed by atoms with Crippen LogP contribution in [0.4, 0.5) is 0 Å². The van der Waals surface area contributed by atoms with Crippen LogP contribution in [-0.2, 0) is 16.0 Å². The highest BCUT2D eigenvalue weighted by Crippen LogP contribution is 2.39. The Morgan fingerprint density at radius 2 is 2.11 bits per heavy atom. The van der Waals surface area contributed by atoms with Crippen LogP contribution in [0.2, 0.25) is 0 Å². The van der Waals surface area contributed by atoms with E-state index in [0.29, 0.717) is 13.0 Å². The fourth-order valence-corrected chi connectivity index (χ4v) is 4.83. The summed E-state index contributed by atoms with van der Waals surface area (Å²) in [7, 11) is 0. The first-order chi connectivity index (χ1) is 13.4. The first-order valence-corrected chi connectivity index (χ1v) is 10.7. The van der Waals surface area contributed by atoms with Gasteiger partial charge in [-0.2, -0.15) is 11.3 Å². The molecule has 2 saturated heterocycles. The van der Waals surface area contributed by atoms with E-state index in [0.717, 1.165) is 51.0 Å². The molecule has 0 radical (unpaired) electrons. The molecule has 0 saturated carbocycles. The van der Waals surface area contributed by atoms with Gasteiger partial charge in [0.1, 0.15) is 0 Å². The van der Waals surface area contributed by atoms with E-state index in [1.54, 1.807) is 11.3 Å². The molecule has 3 rings (SSSR count). The van der Waals surface area contributed by atoms with Gasteiger partial charge in [-0.1, -0.05) is 11.6 Å². The second-order valence-electron chi connectivity index (χ2n) is 8.02. The lowest BCUT2D eigenvalue weighted by Gasteiger charge is -2.51. The van der Waals surface area contributed by atoms with Crippen molar-refractivity contribution in [1.82, 2.24) is 9.80 Å². The molecular formula is C21H32N2O4S. The molecule has 28 heavy (non-hydrogen) atoms. The van der Waals surface area contributed by atoms with Gasteiger partial charge < -0.3 is 15.1 Å². The lowest BCUT2D eigenvalue weighted by molar-refractivity contribution is -0.140. The highest BCUT2D eigenvalue weighted by molar-refractivity contribution is 7.08. The van der Waals surface area contributed by atoms with E-state index in [1.807, 2.05) is 21.7 Å². The number of carbonyl (C=O) groups excluding carboxylic acids is 1. The van der Waals surface area contributed by atoms with Crippen molar-refractivity contribution in [3.8, 4) is 0 Å². The van der Waals surface area contributed by atoms with Gasteiger partial charge in [0.05, 0.1) is 12.5 Å². The van der Waals surface area contributed by atoms with Crippen molar-refractivity contribution in [2.45, 2.75) is 45.6 Å². The number of allylic oxidation sites excluding steroid dienone is 1. The Balaban J connectivity index is 0.000000878. The molecule has 2 aliphatic rings. The second kappa shape index (κ2) is 10.7. The van der Waals surface area contributed by atoms with Crippen LogP contribution in [-0.4, -0.2) is 71.2 Å². The van der Waals surface area contributed by atoms with Gasteiger partial charge in [-0.3, -0.25) is 14.5 Å². The number of amides is 1. The molecule has 2 atom stereocenters. The third-order valence-corrected chi connectivity index (χ3v) is 6.35. The van der Waals surface area contributed by atoms with Crippen LogP contribution >= 0.6 is 11.3 Å². The zero-order valence-corrected chi connectivity index (χ0v) is 17.7. The van der Waals surface area contributed by atoms with Gasteiger partial charge in [0.2, 0.25) is 5.91 Å².